The Morgan fingerprint density at radius 3 is 2.30 bits per heavy atom. The molecule has 0 radical (unpaired) electrons. The van der Waals surface area contributed by atoms with Gasteiger partial charge in [-0.25, -0.2) is 4.79 Å². The number of carbonyl (C=O) groups is 1. The average molecular weight is 546 g/mol. The van der Waals surface area contributed by atoms with Gasteiger partial charge in [0.1, 0.15) is 5.69 Å². The number of aromatic nitrogens is 1. The number of aryl methyl sites for hydroxylation is 2. The Morgan fingerprint density at radius 2 is 1.60 bits per heavy atom. The van der Waals surface area contributed by atoms with Crippen molar-refractivity contribution in [2.24, 2.45) is 10.2 Å². The van der Waals surface area contributed by atoms with E-state index in [9.17, 15) is 33.3 Å². The third-order valence-electron chi connectivity index (χ3n) is 6.69. The zero-order valence-corrected chi connectivity index (χ0v) is 21.2. The van der Waals surface area contributed by atoms with E-state index in [0.29, 0.717) is 11.3 Å². The van der Waals surface area contributed by atoms with E-state index in [4.69, 9.17) is 0 Å². The lowest BCUT2D eigenvalue weighted by Gasteiger charge is -2.10. The minimum absolute atomic E-state index is 0.0131. The van der Waals surface area contributed by atoms with Crippen LogP contribution >= 0.6 is 0 Å². The van der Waals surface area contributed by atoms with Gasteiger partial charge >= 0.3 is 12.1 Å². The highest BCUT2D eigenvalue weighted by Crippen LogP contribution is 2.45. The number of nitrogens with zero attached hydrogens (tertiary/aromatic N) is 3. The van der Waals surface area contributed by atoms with E-state index in [1.54, 1.807) is 30.3 Å². The summed E-state index contributed by atoms with van der Waals surface area (Å²) in [5.41, 5.74) is 2.28. The highest BCUT2D eigenvalue weighted by atomic mass is 19.4. The van der Waals surface area contributed by atoms with Gasteiger partial charge in [0.25, 0.3) is 0 Å². The van der Waals surface area contributed by atoms with Gasteiger partial charge in [0.05, 0.1) is 16.6 Å². The average Bonchev–Trinajstić information content (AvgIpc) is 3.19. The van der Waals surface area contributed by atoms with Crippen molar-refractivity contribution in [2.45, 2.75) is 20.0 Å². The molecule has 4 aromatic carbocycles. The number of rotatable bonds is 5. The predicted molar refractivity (Wildman–Crippen MR) is 144 cm³/mol. The highest BCUT2D eigenvalue weighted by Gasteiger charge is 2.32. The number of aromatic carboxylic acids is 1. The van der Waals surface area contributed by atoms with Gasteiger partial charge in [-0.2, -0.15) is 13.2 Å². The van der Waals surface area contributed by atoms with Gasteiger partial charge in [0.2, 0.25) is 5.88 Å². The molecule has 0 fully saturated rings. The van der Waals surface area contributed by atoms with Gasteiger partial charge in [-0.05, 0) is 79.1 Å². The molecule has 40 heavy (non-hydrogen) atoms. The predicted octanol–water partition coefficient (Wildman–Crippen LogP) is 8.46. The molecule has 0 amide bonds. The van der Waals surface area contributed by atoms with Crippen LogP contribution in [-0.2, 0) is 6.18 Å². The largest absolute Gasteiger partial charge is 0.505 e. The molecule has 0 bridgehead atoms. The molecule has 0 aliphatic carbocycles. The fourth-order valence-electron chi connectivity index (χ4n) is 4.43. The SMILES string of the molecule is Cc1ccc(-n2c(O)c(N=Nc3cccc(-c4cccc(C(=O)O)c4)c3O)c3cc(C(F)(F)F)ccc32)cc1C. The third kappa shape index (κ3) is 4.75. The number of fused-ring (bicyclic) bond motifs is 1. The molecule has 0 unspecified atom stereocenters. The molecule has 1 aromatic heterocycles. The van der Waals surface area contributed by atoms with Crippen LogP contribution in [0.2, 0.25) is 0 Å². The Labute approximate surface area is 226 Å². The number of carboxylic acid groups (broad SMARTS) is 1. The number of benzene rings is 4. The van der Waals surface area contributed by atoms with Crippen LogP contribution in [-0.4, -0.2) is 25.9 Å². The molecule has 3 N–H and O–H groups in total. The minimum atomic E-state index is -4.63. The fraction of sp³-hybridized carbons (Fsp3) is 0.100. The Balaban J connectivity index is 1.66. The molecule has 10 heteroatoms. The smallest absolute Gasteiger partial charge is 0.416 e. The molecule has 0 saturated carbocycles. The maximum absolute atomic E-state index is 13.6. The van der Waals surface area contributed by atoms with Gasteiger partial charge in [0.15, 0.2) is 11.4 Å². The summed E-state index contributed by atoms with van der Waals surface area (Å²) in [6.07, 6.45) is -4.63. The van der Waals surface area contributed by atoms with Crippen molar-refractivity contribution in [2.75, 3.05) is 0 Å². The first-order valence-electron chi connectivity index (χ1n) is 12.1. The fourth-order valence-corrected chi connectivity index (χ4v) is 4.43. The normalized spacial score (nSPS) is 11.9. The summed E-state index contributed by atoms with van der Waals surface area (Å²) in [7, 11) is 0. The Morgan fingerprint density at radius 1 is 0.850 bits per heavy atom. The zero-order chi connectivity index (χ0) is 28.8. The number of hydrogen-bond donors (Lipinski definition) is 3. The Hall–Kier alpha value is -5.12. The van der Waals surface area contributed by atoms with Crippen LogP contribution in [0.1, 0.15) is 27.0 Å². The topological polar surface area (TPSA) is 107 Å². The highest BCUT2D eigenvalue weighted by molar-refractivity contribution is 5.97. The van der Waals surface area contributed by atoms with Crippen molar-refractivity contribution in [3.05, 3.63) is 101 Å². The number of hydrogen-bond acceptors (Lipinski definition) is 5. The van der Waals surface area contributed by atoms with E-state index in [-0.39, 0.29) is 39.2 Å². The lowest BCUT2D eigenvalue weighted by molar-refractivity contribution is -0.137. The minimum Gasteiger partial charge on any atom is -0.505 e. The summed E-state index contributed by atoms with van der Waals surface area (Å²) in [4.78, 5) is 11.4. The van der Waals surface area contributed by atoms with E-state index in [2.05, 4.69) is 10.2 Å². The van der Waals surface area contributed by atoms with Crippen LogP contribution in [0.5, 0.6) is 11.6 Å². The van der Waals surface area contributed by atoms with E-state index in [1.165, 1.54) is 34.9 Å². The van der Waals surface area contributed by atoms with Gasteiger partial charge in [-0.15, -0.1) is 10.2 Å². The summed E-state index contributed by atoms with van der Waals surface area (Å²) in [6.45, 7) is 3.80. The number of aromatic hydroxyl groups is 2. The van der Waals surface area contributed by atoms with Gasteiger partial charge in [-0.1, -0.05) is 30.3 Å². The second-order valence-corrected chi connectivity index (χ2v) is 9.27. The lowest BCUT2D eigenvalue weighted by Crippen LogP contribution is -2.04. The Bertz CT molecular complexity index is 1820. The van der Waals surface area contributed by atoms with Crippen LogP contribution in [0, 0.1) is 13.8 Å². The number of phenols is 1. The number of alkyl halides is 3. The first-order chi connectivity index (χ1) is 19.0. The van der Waals surface area contributed by atoms with Crippen molar-refractivity contribution < 1.29 is 33.3 Å². The number of phenolic OH excluding ortho intramolecular Hbond substituents is 1. The standard InChI is InChI=1S/C30H22F3N3O4/c1-16-9-11-21(13-17(16)2)36-25-12-10-20(30(31,32)33)15-23(25)26(28(36)38)35-34-24-8-4-7-22(27(24)37)18-5-3-6-19(14-18)29(39)40/h3-15,37-38H,1-2H3,(H,39,40). The van der Waals surface area contributed by atoms with E-state index in [1.807, 2.05) is 19.9 Å². The maximum Gasteiger partial charge on any atom is 0.416 e. The first-order valence-corrected chi connectivity index (χ1v) is 12.1. The van der Waals surface area contributed by atoms with E-state index >= 15 is 0 Å². The van der Waals surface area contributed by atoms with Crippen LogP contribution in [0.3, 0.4) is 0 Å². The van der Waals surface area contributed by atoms with Gasteiger partial charge in [-0.3, -0.25) is 4.57 Å². The van der Waals surface area contributed by atoms with E-state index < -0.39 is 23.6 Å². The summed E-state index contributed by atoms with van der Waals surface area (Å²) < 4.78 is 42.1. The molecule has 7 nitrogen and oxygen atoms in total. The molecule has 5 rings (SSSR count). The van der Waals surface area contributed by atoms with Crippen LogP contribution < -0.4 is 0 Å². The summed E-state index contributed by atoms with van der Waals surface area (Å²) in [5, 5.41) is 39.6. The number of para-hydroxylation sites is 1. The maximum atomic E-state index is 13.6. The van der Waals surface area contributed by atoms with Gasteiger partial charge < -0.3 is 15.3 Å². The molecule has 0 aliphatic heterocycles. The first kappa shape index (κ1) is 26.5. The Kier molecular flexibility index (Phi) is 6.54. The molecular weight excluding hydrogens is 523 g/mol. The van der Waals surface area contributed by atoms with E-state index in [0.717, 1.165) is 23.3 Å². The quantitative estimate of drug-likeness (QED) is 0.193. The number of halogens is 3. The molecule has 1 heterocycles. The van der Waals surface area contributed by atoms with Gasteiger partial charge in [0, 0.05) is 16.6 Å². The van der Waals surface area contributed by atoms with Crippen molar-refractivity contribution in [3.8, 4) is 28.4 Å². The molecule has 0 saturated heterocycles. The monoisotopic (exact) mass is 545 g/mol. The summed E-state index contributed by atoms with van der Waals surface area (Å²) in [5.74, 6) is -1.88. The van der Waals surface area contributed by atoms with Crippen LogP contribution in [0.25, 0.3) is 27.7 Å². The molecule has 5 aromatic rings. The second kappa shape index (κ2) is 9.88. The van der Waals surface area contributed by atoms with Crippen molar-refractivity contribution >= 4 is 28.2 Å². The number of carboxylic acids is 1. The molecule has 0 spiro atoms. The molecule has 0 atom stereocenters. The summed E-state index contributed by atoms with van der Waals surface area (Å²) in [6, 6.07) is 19.0. The van der Waals surface area contributed by atoms with Crippen molar-refractivity contribution in [3.63, 3.8) is 0 Å². The molecule has 0 aliphatic rings. The van der Waals surface area contributed by atoms with Crippen LogP contribution in [0.15, 0.2) is 89.1 Å². The number of azo groups is 1. The second-order valence-electron chi connectivity index (χ2n) is 9.27. The van der Waals surface area contributed by atoms with Crippen molar-refractivity contribution in [1.82, 2.24) is 4.57 Å². The molecule has 202 valence electrons. The third-order valence-corrected chi connectivity index (χ3v) is 6.69. The zero-order valence-electron chi connectivity index (χ0n) is 21.2. The lowest BCUT2D eigenvalue weighted by atomic mass is 10.0. The van der Waals surface area contributed by atoms with Crippen LogP contribution in [0.4, 0.5) is 24.5 Å². The summed E-state index contributed by atoms with van der Waals surface area (Å²) >= 11 is 0. The van der Waals surface area contributed by atoms with Crippen molar-refractivity contribution in [1.29, 1.82) is 0 Å². The molecular formula is C30H22F3N3O4.